The molecule has 2 heterocycles. The zero-order chi connectivity index (χ0) is 15.0. The van der Waals surface area contributed by atoms with E-state index >= 15 is 0 Å². The predicted molar refractivity (Wildman–Crippen MR) is 74.5 cm³/mol. The lowest BCUT2D eigenvalue weighted by Gasteiger charge is -2.32. The van der Waals surface area contributed by atoms with Crippen LogP contribution < -0.4 is 10.6 Å². The van der Waals surface area contributed by atoms with Gasteiger partial charge in [0.05, 0.1) is 12.1 Å². The first-order chi connectivity index (χ1) is 10.1. The number of aryl methyl sites for hydroxylation is 1. The van der Waals surface area contributed by atoms with Gasteiger partial charge in [0.1, 0.15) is 12.4 Å². The molecule has 3 N–H and O–H groups in total. The van der Waals surface area contributed by atoms with Gasteiger partial charge in [-0.3, -0.25) is 9.59 Å². The van der Waals surface area contributed by atoms with Crippen LogP contribution >= 0.6 is 0 Å². The lowest BCUT2D eigenvalue weighted by Crippen LogP contribution is -2.56. The number of furan rings is 1. The molecule has 1 aliphatic heterocycles. The highest BCUT2D eigenvalue weighted by Crippen LogP contribution is 2.36. The van der Waals surface area contributed by atoms with E-state index in [-0.39, 0.29) is 36.3 Å². The molecular weight excluding hydrogens is 272 g/mol. The first kappa shape index (κ1) is 14.1. The van der Waals surface area contributed by atoms with Gasteiger partial charge in [-0.15, -0.1) is 0 Å². The van der Waals surface area contributed by atoms with Gasteiger partial charge in [0, 0.05) is 12.0 Å². The molecule has 114 valence electrons. The summed E-state index contributed by atoms with van der Waals surface area (Å²) in [6, 6.07) is 1.64. The molecule has 1 aromatic heterocycles. The summed E-state index contributed by atoms with van der Waals surface area (Å²) in [5, 5.41) is 15.0. The molecule has 0 bridgehead atoms. The van der Waals surface area contributed by atoms with Crippen molar-refractivity contribution >= 4 is 11.8 Å². The van der Waals surface area contributed by atoms with E-state index in [9.17, 15) is 9.59 Å². The van der Waals surface area contributed by atoms with Gasteiger partial charge in [-0.2, -0.15) is 0 Å². The van der Waals surface area contributed by atoms with Crippen LogP contribution in [0.2, 0.25) is 0 Å². The molecule has 6 nitrogen and oxygen atoms in total. The van der Waals surface area contributed by atoms with E-state index in [1.807, 2.05) is 0 Å². The predicted octanol–water partition coefficient (Wildman–Crippen LogP) is 0.867. The van der Waals surface area contributed by atoms with E-state index < -0.39 is 0 Å². The molecule has 1 aromatic rings. The van der Waals surface area contributed by atoms with E-state index in [1.54, 1.807) is 13.0 Å². The maximum atomic E-state index is 12.3. The Balaban J connectivity index is 1.70. The fourth-order valence-electron chi connectivity index (χ4n) is 2.97. The lowest BCUT2D eigenvalue weighted by atomic mass is 9.94. The number of rotatable bonds is 4. The highest BCUT2D eigenvalue weighted by molar-refractivity contribution is 5.93. The van der Waals surface area contributed by atoms with Crippen LogP contribution in [-0.4, -0.2) is 29.0 Å². The monoisotopic (exact) mass is 292 g/mol. The van der Waals surface area contributed by atoms with Crippen molar-refractivity contribution in [3.8, 4) is 0 Å². The lowest BCUT2D eigenvalue weighted by molar-refractivity contribution is -0.124. The first-order valence-corrected chi connectivity index (χ1v) is 7.39. The largest absolute Gasteiger partial charge is 0.453 e. The minimum Gasteiger partial charge on any atom is -0.453 e. The number of hydrogen-bond donors (Lipinski definition) is 3. The summed E-state index contributed by atoms with van der Waals surface area (Å²) in [5.74, 6) is 0.886. The summed E-state index contributed by atoms with van der Waals surface area (Å²) in [5.41, 5.74) is 0.708. The van der Waals surface area contributed by atoms with Crippen molar-refractivity contribution in [2.75, 3.05) is 0 Å². The smallest absolute Gasteiger partial charge is 0.287 e. The average molecular weight is 292 g/mol. The molecule has 2 aliphatic rings. The summed E-state index contributed by atoms with van der Waals surface area (Å²) in [7, 11) is 0. The summed E-state index contributed by atoms with van der Waals surface area (Å²) in [6.07, 6.45) is 3.30. The van der Waals surface area contributed by atoms with Gasteiger partial charge in [0.15, 0.2) is 5.76 Å². The number of hydrogen-bond acceptors (Lipinski definition) is 4. The molecule has 3 rings (SSSR count). The van der Waals surface area contributed by atoms with E-state index in [0.717, 1.165) is 12.8 Å². The molecule has 0 radical (unpaired) electrons. The number of carbonyl (C=O) groups is 2. The van der Waals surface area contributed by atoms with Gasteiger partial charge in [-0.25, -0.2) is 0 Å². The van der Waals surface area contributed by atoms with Crippen LogP contribution in [0.15, 0.2) is 10.5 Å². The number of aliphatic hydroxyl groups excluding tert-OH is 1. The Morgan fingerprint density at radius 2 is 2.24 bits per heavy atom. The Hall–Kier alpha value is -1.82. The molecule has 0 aromatic carbocycles. The highest BCUT2D eigenvalue weighted by Gasteiger charge is 2.40. The Kier molecular flexibility index (Phi) is 3.71. The number of amides is 2. The molecule has 1 saturated heterocycles. The van der Waals surface area contributed by atoms with Crippen molar-refractivity contribution in [3.63, 3.8) is 0 Å². The van der Waals surface area contributed by atoms with Crippen LogP contribution in [0.25, 0.3) is 0 Å². The number of carbonyl (C=O) groups excluding carboxylic acids is 2. The second-order valence-electron chi connectivity index (χ2n) is 5.93. The molecule has 2 fully saturated rings. The summed E-state index contributed by atoms with van der Waals surface area (Å²) in [4.78, 5) is 23.9. The van der Waals surface area contributed by atoms with Crippen molar-refractivity contribution in [1.82, 2.24) is 10.6 Å². The molecular formula is C15H20N2O4. The summed E-state index contributed by atoms with van der Waals surface area (Å²) in [6.45, 7) is 1.55. The maximum absolute atomic E-state index is 12.3. The van der Waals surface area contributed by atoms with Crippen LogP contribution in [0, 0.1) is 12.8 Å². The summed E-state index contributed by atoms with van der Waals surface area (Å²) < 4.78 is 5.35. The van der Waals surface area contributed by atoms with E-state index in [2.05, 4.69) is 10.6 Å². The fourth-order valence-corrected chi connectivity index (χ4v) is 2.97. The minimum atomic E-state index is -0.279. The molecule has 1 saturated carbocycles. The Morgan fingerprint density at radius 1 is 1.48 bits per heavy atom. The maximum Gasteiger partial charge on any atom is 0.287 e. The molecule has 21 heavy (non-hydrogen) atoms. The summed E-state index contributed by atoms with van der Waals surface area (Å²) >= 11 is 0. The van der Waals surface area contributed by atoms with Crippen molar-refractivity contribution in [1.29, 1.82) is 0 Å². The SMILES string of the molecule is Cc1cc(CO)oc1C(=O)N[C@@H]1CCC(=O)N[C@H]1C1CC1. The van der Waals surface area contributed by atoms with Crippen molar-refractivity contribution in [2.24, 2.45) is 5.92 Å². The van der Waals surface area contributed by atoms with E-state index in [4.69, 9.17) is 9.52 Å². The third-order valence-electron chi connectivity index (χ3n) is 4.22. The third-order valence-corrected chi connectivity index (χ3v) is 4.22. The van der Waals surface area contributed by atoms with Gasteiger partial charge in [-0.05, 0) is 38.2 Å². The second kappa shape index (κ2) is 5.52. The van der Waals surface area contributed by atoms with Crippen LogP contribution in [-0.2, 0) is 11.4 Å². The van der Waals surface area contributed by atoms with Gasteiger partial charge >= 0.3 is 0 Å². The van der Waals surface area contributed by atoms with Crippen molar-refractivity contribution in [2.45, 2.75) is 51.3 Å². The first-order valence-electron chi connectivity index (χ1n) is 7.39. The molecule has 0 unspecified atom stereocenters. The van der Waals surface area contributed by atoms with Crippen LogP contribution in [0.4, 0.5) is 0 Å². The number of aliphatic hydroxyl groups is 1. The van der Waals surface area contributed by atoms with Gasteiger partial charge < -0.3 is 20.2 Å². The number of piperidine rings is 1. The zero-order valence-electron chi connectivity index (χ0n) is 12.0. The van der Waals surface area contributed by atoms with Crippen LogP contribution in [0.3, 0.4) is 0 Å². The normalized spacial score (nSPS) is 25.5. The minimum absolute atomic E-state index is 0.0304. The van der Waals surface area contributed by atoms with Crippen molar-refractivity contribution < 1.29 is 19.1 Å². The van der Waals surface area contributed by atoms with Gasteiger partial charge in [-0.1, -0.05) is 0 Å². The number of nitrogens with one attached hydrogen (secondary N) is 2. The standard InChI is InChI=1S/C15H20N2O4/c1-8-6-10(7-18)21-14(8)15(20)16-11-4-5-12(19)17-13(11)9-2-3-9/h6,9,11,13,18H,2-5,7H2,1H3,(H,16,20)(H,17,19)/t11-,13+/m1/s1. The van der Waals surface area contributed by atoms with E-state index in [0.29, 0.717) is 30.1 Å². The second-order valence-corrected chi connectivity index (χ2v) is 5.93. The third kappa shape index (κ3) is 2.95. The molecule has 2 atom stereocenters. The Bertz CT molecular complexity index is 562. The Morgan fingerprint density at radius 3 is 2.86 bits per heavy atom. The van der Waals surface area contributed by atoms with E-state index in [1.165, 1.54) is 0 Å². The highest BCUT2D eigenvalue weighted by atomic mass is 16.4. The fraction of sp³-hybridized carbons (Fsp3) is 0.600. The molecule has 0 spiro atoms. The van der Waals surface area contributed by atoms with Gasteiger partial charge in [0.25, 0.3) is 5.91 Å². The average Bonchev–Trinajstić information content (AvgIpc) is 3.23. The Labute approximate surface area is 122 Å². The van der Waals surface area contributed by atoms with Gasteiger partial charge in [0.2, 0.25) is 5.91 Å². The van der Waals surface area contributed by atoms with Crippen molar-refractivity contribution in [3.05, 3.63) is 23.2 Å². The molecule has 6 heteroatoms. The topological polar surface area (TPSA) is 91.6 Å². The van der Waals surface area contributed by atoms with Crippen LogP contribution in [0.1, 0.15) is 47.6 Å². The van der Waals surface area contributed by atoms with Crippen LogP contribution in [0.5, 0.6) is 0 Å². The zero-order valence-corrected chi connectivity index (χ0v) is 12.0. The molecule has 1 aliphatic carbocycles. The quantitative estimate of drug-likeness (QED) is 0.768. The molecule has 2 amide bonds.